The third-order valence-electron chi connectivity index (χ3n) is 6.67. The van der Waals surface area contributed by atoms with Crippen LogP contribution < -0.4 is 9.64 Å². The van der Waals surface area contributed by atoms with E-state index in [0.29, 0.717) is 39.8 Å². The van der Waals surface area contributed by atoms with Crippen molar-refractivity contribution >= 4 is 34.5 Å². The fourth-order valence-corrected chi connectivity index (χ4v) is 4.67. The van der Waals surface area contributed by atoms with E-state index in [1.165, 1.54) is 18.3 Å². The zero-order valence-corrected chi connectivity index (χ0v) is 20.9. The highest BCUT2D eigenvalue weighted by Crippen LogP contribution is 2.31. The van der Waals surface area contributed by atoms with Crippen molar-refractivity contribution in [1.82, 2.24) is 9.88 Å². The molecule has 1 saturated heterocycles. The number of amides is 3. The summed E-state index contributed by atoms with van der Waals surface area (Å²) in [5.74, 6) is 0.263. The molecule has 0 spiro atoms. The zero-order chi connectivity index (χ0) is 26.9. The van der Waals surface area contributed by atoms with E-state index in [9.17, 15) is 14.4 Å². The van der Waals surface area contributed by atoms with E-state index in [1.54, 1.807) is 60.7 Å². The van der Waals surface area contributed by atoms with E-state index in [2.05, 4.69) is 4.98 Å². The van der Waals surface area contributed by atoms with Crippen LogP contribution in [0.3, 0.4) is 0 Å². The van der Waals surface area contributed by atoms with Crippen LogP contribution in [0.2, 0.25) is 0 Å². The fourth-order valence-electron chi connectivity index (χ4n) is 4.67. The number of hydrogen-bond donors (Lipinski definition) is 0. The molecule has 1 aliphatic heterocycles. The summed E-state index contributed by atoms with van der Waals surface area (Å²) in [6.45, 7) is 0.0338. The molecule has 3 heterocycles. The molecule has 1 aliphatic rings. The van der Waals surface area contributed by atoms with Gasteiger partial charge >= 0.3 is 0 Å². The van der Waals surface area contributed by atoms with Gasteiger partial charge < -0.3 is 18.5 Å². The second-order valence-electron chi connectivity index (χ2n) is 9.06. The van der Waals surface area contributed by atoms with E-state index >= 15 is 0 Å². The minimum atomic E-state index is -0.992. The first-order valence-electron chi connectivity index (χ1n) is 12.3. The molecule has 0 saturated carbocycles. The second-order valence-corrected chi connectivity index (χ2v) is 9.06. The Kier molecular flexibility index (Phi) is 6.16. The van der Waals surface area contributed by atoms with Gasteiger partial charge in [0.25, 0.3) is 11.8 Å². The van der Waals surface area contributed by atoms with Gasteiger partial charge in [-0.1, -0.05) is 12.1 Å². The first-order chi connectivity index (χ1) is 19.0. The average molecular weight is 522 g/mol. The third-order valence-corrected chi connectivity index (χ3v) is 6.67. The Hall–Kier alpha value is -5.18. The number of furan rings is 1. The number of nitrogens with zero attached hydrogens (tertiary/aromatic N) is 3. The van der Waals surface area contributed by atoms with Crippen LogP contribution >= 0.6 is 0 Å². The fraction of sp³-hybridized carbons (Fsp3) is 0.133. The Balaban J connectivity index is 1.27. The van der Waals surface area contributed by atoms with Crippen LogP contribution in [0.25, 0.3) is 22.6 Å². The topological polar surface area (TPSA) is 106 Å². The van der Waals surface area contributed by atoms with E-state index in [-0.39, 0.29) is 13.0 Å². The standard InChI is InChI=1S/C30H23N3O6/c1-37-22-14-10-20(11-15-22)29(35)32(18-23-5-4-16-38-23)25-17-27(34)33(30(25)36)21-12-8-19(9-13-21)28-31-24-6-2-3-7-26(24)39-28/h2-16,25H,17-18H2,1H3. The number of anilines is 1. The summed E-state index contributed by atoms with van der Waals surface area (Å²) < 4.78 is 16.5. The zero-order valence-electron chi connectivity index (χ0n) is 20.9. The van der Waals surface area contributed by atoms with Crippen LogP contribution in [0.4, 0.5) is 5.69 Å². The van der Waals surface area contributed by atoms with Crippen LogP contribution in [-0.2, 0) is 16.1 Å². The van der Waals surface area contributed by atoms with Crippen molar-refractivity contribution in [2.45, 2.75) is 19.0 Å². The molecule has 3 amide bonds. The lowest BCUT2D eigenvalue weighted by molar-refractivity contribution is -0.122. The molecular weight excluding hydrogens is 498 g/mol. The van der Waals surface area contributed by atoms with Crippen molar-refractivity contribution in [3.63, 3.8) is 0 Å². The van der Waals surface area contributed by atoms with Gasteiger partial charge in [-0.2, -0.15) is 0 Å². The number of imide groups is 1. The number of oxazole rings is 1. The second kappa shape index (κ2) is 9.94. The van der Waals surface area contributed by atoms with E-state index < -0.39 is 23.8 Å². The summed E-state index contributed by atoms with van der Waals surface area (Å²) in [5.41, 5.74) is 2.88. The molecule has 9 nitrogen and oxygen atoms in total. The van der Waals surface area contributed by atoms with Crippen LogP contribution in [0, 0.1) is 0 Å². The predicted octanol–water partition coefficient (Wildman–Crippen LogP) is 5.07. The molecule has 39 heavy (non-hydrogen) atoms. The van der Waals surface area contributed by atoms with E-state index in [4.69, 9.17) is 13.6 Å². The molecule has 9 heteroatoms. The first-order valence-corrected chi connectivity index (χ1v) is 12.3. The molecule has 0 N–H and O–H groups in total. The number of carbonyl (C=O) groups is 3. The highest BCUT2D eigenvalue weighted by atomic mass is 16.5. The number of methoxy groups -OCH3 is 1. The lowest BCUT2D eigenvalue weighted by atomic mass is 10.1. The van der Waals surface area contributed by atoms with Gasteiger partial charge in [0.2, 0.25) is 11.8 Å². The summed E-state index contributed by atoms with van der Waals surface area (Å²) in [7, 11) is 1.54. The Morgan fingerprint density at radius 1 is 1.00 bits per heavy atom. The Morgan fingerprint density at radius 2 is 1.77 bits per heavy atom. The lowest BCUT2D eigenvalue weighted by Crippen LogP contribution is -2.45. The van der Waals surface area contributed by atoms with Crippen LogP contribution in [0.1, 0.15) is 22.5 Å². The molecule has 1 unspecified atom stereocenters. The smallest absolute Gasteiger partial charge is 0.257 e. The number of carbonyl (C=O) groups excluding carboxylic acids is 3. The number of benzene rings is 3. The molecule has 194 valence electrons. The summed E-state index contributed by atoms with van der Waals surface area (Å²) >= 11 is 0. The number of para-hydroxylation sites is 2. The molecule has 1 atom stereocenters. The van der Waals surface area contributed by atoms with Crippen molar-refractivity contribution in [3.8, 4) is 17.2 Å². The summed E-state index contributed by atoms with van der Waals surface area (Å²) in [6, 6.07) is 23.3. The number of hydrogen-bond acceptors (Lipinski definition) is 7. The molecule has 0 radical (unpaired) electrons. The molecule has 1 fully saturated rings. The van der Waals surface area contributed by atoms with E-state index in [1.807, 2.05) is 24.3 Å². The van der Waals surface area contributed by atoms with Gasteiger partial charge in [0.15, 0.2) is 5.58 Å². The highest BCUT2D eigenvalue weighted by molar-refractivity contribution is 6.23. The van der Waals surface area contributed by atoms with E-state index in [0.717, 1.165) is 10.4 Å². The molecule has 6 rings (SSSR count). The van der Waals surface area contributed by atoms with Crippen molar-refractivity contribution in [2.75, 3.05) is 12.0 Å². The maximum absolute atomic E-state index is 13.6. The Labute approximate surface area is 223 Å². The quantitative estimate of drug-likeness (QED) is 0.275. The average Bonchev–Trinajstić information content (AvgIpc) is 3.71. The van der Waals surface area contributed by atoms with Crippen molar-refractivity contribution in [3.05, 3.63) is 103 Å². The van der Waals surface area contributed by atoms with Gasteiger partial charge in [-0.15, -0.1) is 0 Å². The predicted molar refractivity (Wildman–Crippen MR) is 142 cm³/mol. The summed E-state index contributed by atoms with van der Waals surface area (Å²) in [4.78, 5) is 47.3. The van der Waals surface area contributed by atoms with Gasteiger partial charge in [0, 0.05) is 11.1 Å². The van der Waals surface area contributed by atoms with Gasteiger partial charge in [0.05, 0.1) is 32.0 Å². The Morgan fingerprint density at radius 3 is 2.46 bits per heavy atom. The largest absolute Gasteiger partial charge is 0.497 e. The van der Waals surface area contributed by atoms with Crippen molar-refractivity contribution < 1.29 is 28.0 Å². The lowest BCUT2D eigenvalue weighted by Gasteiger charge is -2.27. The monoisotopic (exact) mass is 521 g/mol. The van der Waals surface area contributed by atoms with Crippen molar-refractivity contribution in [2.24, 2.45) is 0 Å². The SMILES string of the molecule is COc1ccc(C(=O)N(Cc2ccco2)C2CC(=O)N(c3ccc(-c4nc5ccccc5o4)cc3)C2=O)cc1. The summed E-state index contributed by atoms with van der Waals surface area (Å²) in [6.07, 6.45) is 1.35. The van der Waals surface area contributed by atoms with Crippen molar-refractivity contribution in [1.29, 1.82) is 0 Å². The molecule has 0 bridgehead atoms. The normalized spacial score (nSPS) is 15.2. The number of ether oxygens (including phenoxy) is 1. The van der Waals surface area contributed by atoms with Gasteiger partial charge in [-0.3, -0.25) is 14.4 Å². The molecule has 3 aromatic carbocycles. The number of rotatable bonds is 7. The van der Waals surface area contributed by atoms with Crippen LogP contribution in [0.15, 0.2) is 100 Å². The molecule has 5 aromatic rings. The summed E-state index contributed by atoms with van der Waals surface area (Å²) in [5, 5.41) is 0. The molecular formula is C30H23N3O6. The third kappa shape index (κ3) is 4.54. The van der Waals surface area contributed by atoms with Crippen LogP contribution in [0.5, 0.6) is 5.75 Å². The highest BCUT2D eigenvalue weighted by Gasteiger charge is 2.44. The molecule has 0 aliphatic carbocycles. The number of aromatic nitrogens is 1. The van der Waals surface area contributed by atoms with Gasteiger partial charge in [-0.25, -0.2) is 9.88 Å². The minimum Gasteiger partial charge on any atom is -0.497 e. The molecule has 2 aromatic heterocycles. The van der Waals surface area contributed by atoms with Gasteiger partial charge in [0.1, 0.15) is 23.1 Å². The maximum atomic E-state index is 13.6. The number of fused-ring (bicyclic) bond motifs is 1. The maximum Gasteiger partial charge on any atom is 0.257 e. The minimum absolute atomic E-state index is 0.0338. The first kappa shape index (κ1) is 24.2. The van der Waals surface area contributed by atoms with Gasteiger partial charge in [-0.05, 0) is 72.8 Å². The Bertz CT molecular complexity index is 1620. The van der Waals surface area contributed by atoms with Crippen LogP contribution in [-0.4, -0.2) is 40.8 Å².